The molecule has 1 aliphatic rings. The molecule has 0 unspecified atom stereocenters. The van der Waals surface area contributed by atoms with Crippen LogP contribution >= 0.6 is 11.8 Å². The maximum absolute atomic E-state index is 12.8. The standard InChI is InChI=1S/C23H26N4OS/c1-17-7-9-18(10-8-17)15-29-23-26-22(28)20(11-19-12-24-16-25-13-19)14-27(23)21-5-3-2-4-6-21/h7-10,12-14,16,21H,2-6,11,15H2,1H3. The smallest absolute Gasteiger partial charge is 0.277 e. The third-order valence-corrected chi connectivity index (χ3v) is 6.49. The van der Waals surface area contributed by atoms with Crippen LogP contribution in [-0.2, 0) is 12.2 Å². The van der Waals surface area contributed by atoms with E-state index in [4.69, 9.17) is 0 Å². The number of hydrogen-bond donors (Lipinski definition) is 0. The fraction of sp³-hybridized carbons (Fsp3) is 0.391. The number of thioether (sulfide) groups is 1. The molecule has 29 heavy (non-hydrogen) atoms. The summed E-state index contributed by atoms with van der Waals surface area (Å²) in [4.78, 5) is 25.4. The fourth-order valence-electron chi connectivity index (χ4n) is 3.82. The average molecular weight is 407 g/mol. The molecular formula is C23H26N4OS. The fourth-order valence-corrected chi connectivity index (χ4v) is 4.80. The zero-order valence-corrected chi connectivity index (χ0v) is 17.6. The van der Waals surface area contributed by atoms with Crippen LogP contribution in [-0.4, -0.2) is 19.5 Å². The van der Waals surface area contributed by atoms with Crippen molar-refractivity contribution in [1.29, 1.82) is 0 Å². The molecule has 1 fully saturated rings. The lowest BCUT2D eigenvalue weighted by Crippen LogP contribution is -2.23. The summed E-state index contributed by atoms with van der Waals surface area (Å²) < 4.78 is 2.26. The van der Waals surface area contributed by atoms with Gasteiger partial charge in [-0.25, -0.2) is 9.97 Å². The van der Waals surface area contributed by atoms with Gasteiger partial charge in [-0.1, -0.05) is 60.9 Å². The summed E-state index contributed by atoms with van der Waals surface area (Å²) in [6.45, 7) is 2.09. The molecule has 150 valence electrons. The second-order valence-electron chi connectivity index (χ2n) is 7.75. The second kappa shape index (κ2) is 9.35. The van der Waals surface area contributed by atoms with Gasteiger partial charge in [0.15, 0.2) is 5.16 Å². The zero-order chi connectivity index (χ0) is 20.1. The van der Waals surface area contributed by atoms with E-state index >= 15 is 0 Å². The molecule has 0 amide bonds. The van der Waals surface area contributed by atoms with E-state index in [1.165, 1.54) is 36.7 Å². The van der Waals surface area contributed by atoms with Gasteiger partial charge in [0.05, 0.1) is 0 Å². The van der Waals surface area contributed by atoms with Gasteiger partial charge in [0.2, 0.25) is 0 Å². The quantitative estimate of drug-likeness (QED) is 0.437. The van der Waals surface area contributed by atoms with E-state index < -0.39 is 0 Å². The number of nitrogens with zero attached hydrogens (tertiary/aromatic N) is 4. The van der Waals surface area contributed by atoms with Gasteiger partial charge in [-0.15, -0.1) is 0 Å². The zero-order valence-electron chi connectivity index (χ0n) is 16.8. The van der Waals surface area contributed by atoms with Gasteiger partial charge in [0.1, 0.15) is 6.33 Å². The van der Waals surface area contributed by atoms with Gasteiger partial charge in [-0.3, -0.25) is 4.79 Å². The maximum atomic E-state index is 12.8. The minimum atomic E-state index is -0.146. The summed E-state index contributed by atoms with van der Waals surface area (Å²) in [6, 6.07) is 8.97. The van der Waals surface area contributed by atoms with E-state index in [1.807, 2.05) is 6.20 Å². The van der Waals surface area contributed by atoms with Crippen LogP contribution in [0.5, 0.6) is 0 Å². The number of benzene rings is 1. The first-order chi connectivity index (χ1) is 14.2. The molecule has 6 heteroatoms. The van der Waals surface area contributed by atoms with Crippen LogP contribution in [0.15, 0.2) is 59.1 Å². The summed E-state index contributed by atoms with van der Waals surface area (Å²) in [5, 5.41) is 0.829. The maximum Gasteiger partial charge on any atom is 0.277 e. The van der Waals surface area contributed by atoms with Gasteiger partial charge >= 0.3 is 0 Å². The Morgan fingerprint density at radius 1 is 1.03 bits per heavy atom. The third-order valence-electron chi connectivity index (χ3n) is 5.45. The van der Waals surface area contributed by atoms with Crippen molar-refractivity contribution in [2.75, 3.05) is 0 Å². The summed E-state index contributed by atoms with van der Waals surface area (Å²) >= 11 is 1.66. The summed E-state index contributed by atoms with van der Waals surface area (Å²) in [6.07, 6.45) is 13.7. The number of rotatable bonds is 6. The molecule has 0 N–H and O–H groups in total. The molecule has 0 atom stereocenters. The van der Waals surface area contributed by atoms with Crippen LogP contribution in [0.1, 0.15) is 60.4 Å². The Kier molecular flexibility index (Phi) is 6.39. The van der Waals surface area contributed by atoms with Crippen molar-refractivity contribution in [3.05, 3.63) is 81.8 Å². The second-order valence-corrected chi connectivity index (χ2v) is 8.69. The average Bonchev–Trinajstić information content (AvgIpc) is 2.76. The minimum Gasteiger partial charge on any atom is -0.324 e. The topological polar surface area (TPSA) is 60.7 Å². The van der Waals surface area contributed by atoms with E-state index in [-0.39, 0.29) is 5.56 Å². The van der Waals surface area contributed by atoms with E-state index in [2.05, 4.69) is 50.7 Å². The predicted molar refractivity (Wildman–Crippen MR) is 116 cm³/mol. The molecule has 5 nitrogen and oxygen atoms in total. The van der Waals surface area contributed by atoms with Crippen molar-refractivity contribution in [2.45, 2.75) is 62.4 Å². The molecule has 0 spiro atoms. The van der Waals surface area contributed by atoms with Crippen LogP contribution in [0.25, 0.3) is 0 Å². The Labute approximate surface area is 175 Å². The number of aryl methyl sites for hydroxylation is 1. The minimum absolute atomic E-state index is 0.146. The molecule has 0 bridgehead atoms. The molecule has 0 saturated heterocycles. The molecule has 1 aliphatic carbocycles. The highest BCUT2D eigenvalue weighted by atomic mass is 32.2. The van der Waals surface area contributed by atoms with Gasteiger partial charge in [-0.2, -0.15) is 4.98 Å². The summed E-state index contributed by atoms with van der Waals surface area (Å²) in [5.41, 5.74) is 4.00. The third kappa shape index (κ3) is 5.12. The summed E-state index contributed by atoms with van der Waals surface area (Å²) in [5.74, 6) is 0.811. The Morgan fingerprint density at radius 3 is 2.48 bits per heavy atom. The van der Waals surface area contributed by atoms with Gasteiger partial charge in [0.25, 0.3) is 5.56 Å². The molecular weight excluding hydrogens is 380 g/mol. The molecule has 3 aromatic rings. The first-order valence-corrected chi connectivity index (χ1v) is 11.2. The van der Waals surface area contributed by atoms with Crippen molar-refractivity contribution in [1.82, 2.24) is 19.5 Å². The van der Waals surface area contributed by atoms with Crippen LogP contribution in [0.3, 0.4) is 0 Å². The van der Waals surface area contributed by atoms with Gasteiger partial charge in [-0.05, 0) is 30.9 Å². The molecule has 1 saturated carbocycles. The van der Waals surface area contributed by atoms with Crippen LogP contribution in [0.4, 0.5) is 0 Å². The monoisotopic (exact) mass is 406 g/mol. The predicted octanol–water partition coefficient (Wildman–Crippen LogP) is 4.73. The Bertz CT molecular complexity index is 996. The molecule has 2 aromatic heterocycles. The number of aromatic nitrogens is 4. The van der Waals surface area contributed by atoms with Gasteiger partial charge in [0, 0.05) is 42.4 Å². The van der Waals surface area contributed by atoms with Crippen molar-refractivity contribution in [2.24, 2.45) is 0 Å². The normalized spacial score (nSPS) is 14.8. The largest absolute Gasteiger partial charge is 0.324 e. The van der Waals surface area contributed by atoms with Crippen molar-refractivity contribution < 1.29 is 0 Å². The molecule has 0 radical (unpaired) electrons. The van der Waals surface area contributed by atoms with Crippen LogP contribution < -0.4 is 5.56 Å². The van der Waals surface area contributed by atoms with Gasteiger partial charge < -0.3 is 4.57 Å². The summed E-state index contributed by atoms with van der Waals surface area (Å²) in [7, 11) is 0. The first kappa shape index (κ1) is 19.8. The number of hydrogen-bond acceptors (Lipinski definition) is 5. The van der Waals surface area contributed by atoms with Crippen molar-refractivity contribution >= 4 is 11.8 Å². The lowest BCUT2D eigenvalue weighted by Gasteiger charge is -2.27. The Hall–Kier alpha value is -2.47. The lowest BCUT2D eigenvalue weighted by molar-refractivity contribution is 0.329. The highest BCUT2D eigenvalue weighted by molar-refractivity contribution is 7.98. The van der Waals surface area contributed by atoms with E-state index in [9.17, 15) is 4.79 Å². The van der Waals surface area contributed by atoms with Crippen LogP contribution in [0, 0.1) is 6.92 Å². The van der Waals surface area contributed by atoms with E-state index in [1.54, 1.807) is 24.2 Å². The van der Waals surface area contributed by atoms with Crippen LogP contribution in [0.2, 0.25) is 0 Å². The highest BCUT2D eigenvalue weighted by Gasteiger charge is 2.20. The molecule has 4 rings (SSSR count). The van der Waals surface area contributed by atoms with E-state index in [0.29, 0.717) is 18.0 Å². The van der Waals surface area contributed by atoms with Crippen molar-refractivity contribution in [3.63, 3.8) is 0 Å². The Morgan fingerprint density at radius 2 is 1.76 bits per heavy atom. The highest BCUT2D eigenvalue weighted by Crippen LogP contribution is 2.32. The molecule has 0 aliphatic heterocycles. The first-order valence-electron chi connectivity index (χ1n) is 10.2. The SMILES string of the molecule is Cc1ccc(CSc2nc(=O)c(Cc3cncnc3)cn2C2CCCCC2)cc1. The lowest BCUT2D eigenvalue weighted by atomic mass is 9.95. The van der Waals surface area contributed by atoms with Crippen molar-refractivity contribution in [3.8, 4) is 0 Å². The van der Waals surface area contributed by atoms with E-state index in [0.717, 1.165) is 29.3 Å². The Balaban J connectivity index is 1.62. The molecule has 2 heterocycles. The molecule has 1 aromatic carbocycles.